The van der Waals surface area contributed by atoms with Gasteiger partial charge in [-0.25, -0.2) is 0 Å². The van der Waals surface area contributed by atoms with Crippen molar-refractivity contribution in [2.75, 3.05) is 0 Å². The Bertz CT molecular complexity index is 115. The Morgan fingerprint density at radius 2 is 1.46 bits per heavy atom. The largest absolute Gasteiger partial charge is 0.481 e. The predicted octanol–water partition coefficient (Wildman–Crippen LogP) is 2.83. The van der Waals surface area contributed by atoms with Crippen LogP contribution in [0, 0.1) is 0 Å². The molecule has 0 aliphatic carbocycles. The monoisotopic (exact) mass is 260 g/mol. The molecule has 3 heteroatoms. The fourth-order valence-electron chi connectivity index (χ4n) is 1.23. The van der Waals surface area contributed by atoms with Crippen molar-refractivity contribution >= 4 is 51.5 Å². The molecule has 0 aromatic rings. The quantitative estimate of drug-likeness (QED) is 0.538. The van der Waals surface area contributed by atoms with Gasteiger partial charge in [-0.1, -0.05) is 45.4 Å². The molecule has 0 fully saturated rings. The summed E-state index contributed by atoms with van der Waals surface area (Å²) in [6.45, 7) is 2.20. The summed E-state index contributed by atoms with van der Waals surface area (Å²) >= 11 is 0. The van der Waals surface area contributed by atoms with E-state index in [1.807, 2.05) is 0 Å². The molecule has 0 aliphatic rings. The summed E-state index contributed by atoms with van der Waals surface area (Å²) in [5, 5.41) is 8.35. The molecule has 0 bridgehead atoms. The first-order valence-electron chi connectivity index (χ1n) is 4.99. The zero-order chi connectivity index (χ0) is 9.23. The van der Waals surface area contributed by atoms with Crippen LogP contribution < -0.4 is 0 Å². The number of carbonyl (C=O) groups is 1. The van der Waals surface area contributed by atoms with E-state index in [1.165, 1.54) is 32.1 Å². The van der Waals surface area contributed by atoms with Crippen LogP contribution in [0.15, 0.2) is 0 Å². The molecule has 74 valence electrons. The first-order chi connectivity index (χ1) is 5.77. The second-order valence-corrected chi connectivity index (χ2v) is 3.27. The number of unbranched alkanes of at least 4 members (excludes halogenated alkanes) is 6. The van der Waals surface area contributed by atoms with E-state index >= 15 is 0 Å². The third-order valence-corrected chi connectivity index (χ3v) is 1.99. The second kappa shape index (κ2) is 13.0. The van der Waals surface area contributed by atoms with Crippen molar-refractivity contribution in [2.45, 2.75) is 58.3 Å². The molecule has 0 rings (SSSR count). The van der Waals surface area contributed by atoms with E-state index in [9.17, 15) is 4.79 Å². The molecule has 0 aliphatic heterocycles. The molecule has 0 aromatic heterocycles. The number of carboxylic acids is 1. The average molecular weight is 260 g/mol. The maximum absolute atomic E-state index is 10.1. The molecule has 0 saturated heterocycles. The normalized spacial score (nSPS) is 9.31. The summed E-state index contributed by atoms with van der Waals surface area (Å²) in [4.78, 5) is 10.1. The second-order valence-electron chi connectivity index (χ2n) is 3.27. The number of rotatable bonds is 8. The van der Waals surface area contributed by atoms with E-state index in [1.54, 1.807) is 0 Å². The molecular weight excluding hydrogens is 240 g/mol. The maximum atomic E-state index is 10.1. The minimum atomic E-state index is -0.663. The number of aliphatic carboxylic acids is 1. The van der Waals surface area contributed by atoms with E-state index < -0.39 is 5.97 Å². The Balaban J connectivity index is 0. The van der Waals surface area contributed by atoms with Crippen LogP contribution in [-0.4, -0.2) is 56.6 Å². The average Bonchev–Trinajstić information content (AvgIpc) is 2.02. The first kappa shape index (κ1) is 16.4. The molecule has 0 heterocycles. The van der Waals surface area contributed by atoms with Crippen molar-refractivity contribution in [2.24, 2.45) is 0 Å². The van der Waals surface area contributed by atoms with Gasteiger partial charge in [0.05, 0.1) is 0 Å². The van der Waals surface area contributed by atoms with E-state index in [2.05, 4.69) is 6.92 Å². The van der Waals surface area contributed by atoms with Crippen LogP contribution in [0.2, 0.25) is 0 Å². The van der Waals surface area contributed by atoms with Crippen LogP contribution in [0.1, 0.15) is 58.3 Å². The van der Waals surface area contributed by atoms with Gasteiger partial charge in [0, 0.05) is 51.9 Å². The summed E-state index contributed by atoms with van der Waals surface area (Å²) in [6.07, 6.45) is 8.64. The Morgan fingerprint density at radius 3 is 1.92 bits per heavy atom. The van der Waals surface area contributed by atoms with E-state index in [0.717, 1.165) is 12.8 Å². The number of hydrogen-bond donors (Lipinski definition) is 1. The van der Waals surface area contributed by atoms with Gasteiger partial charge >= 0.3 is 5.97 Å². The smallest absolute Gasteiger partial charge is 0.303 e. The van der Waals surface area contributed by atoms with Crippen molar-refractivity contribution in [3.8, 4) is 0 Å². The van der Waals surface area contributed by atoms with E-state index in [0.29, 0.717) is 6.42 Å². The third-order valence-electron chi connectivity index (χ3n) is 1.99. The Hall–Kier alpha value is 0.951. The van der Waals surface area contributed by atoms with Crippen LogP contribution in [0.3, 0.4) is 0 Å². The van der Waals surface area contributed by atoms with E-state index in [-0.39, 0.29) is 45.5 Å². The van der Waals surface area contributed by atoms with Gasteiger partial charge in [-0.2, -0.15) is 0 Å². The zero-order valence-electron chi connectivity index (χ0n) is 8.72. The third kappa shape index (κ3) is 15.7. The molecular formula is C10H20O2Sr. The number of carboxylic acid groups (broad SMARTS) is 1. The molecule has 13 heavy (non-hydrogen) atoms. The Labute approximate surface area is 118 Å². The van der Waals surface area contributed by atoms with Crippen molar-refractivity contribution in [1.82, 2.24) is 0 Å². The molecule has 0 aromatic carbocycles. The minimum absolute atomic E-state index is 0. The minimum Gasteiger partial charge on any atom is -0.481 e. The number of hydrogen-bond acceptors (Lipinski definition) is 1. The van der Waals surface area contributed by atoms with Crippen molar-refractivity contribution in [1.29, 1.82) is 0 Å². The van der Waals surface area contributed by atoms with Crippen LogP contribution in [0.5, 0.6) is 0 Å². The van der Waals surface area contributed by atoms with Crippen molar-refractivity contribution in [3.05, 3.63) is 0 Å². The van der Waals surface area contributed by atoms with Crippen molar-refractivity contribution in [3.63, 3.8) is 0 Å². The molecule has 0 amide bonds. The van der Waals surface area contributed by atoms with Gasteiger partial charge in [0.1, 0.15) is 0 Å². The molecule has 2 radical (unpaired) electrons. The summed E-state index contributed by atoms with van der Waals surface area (Å²) in [5.41, 5.74) is 0. The van der Waals surface area contributed by atoms with Crippen LogP contribution in [-0.2, 0) is 4.79 Å². The van der Waals surface area contributed by atoms with E-state index in [4.69, 9.17) is 5.11 Å². The van der Waals surface area contributed by atoms with Gasteiger partial charge in [0.15, 0.2) is 0 Å². The maximum Gasteiger partial charge on any atom is 0.303 e. The zero-order valence-corrected chi connectivity index (χ0v) is 12.2. The SMILES string of the molecule is CCCCCCCCCC(=O)O.[Sr]. The van der Waals surface area contributed by atoms with Crippen LogP contribution >= 0.6 is 0 Å². The molecule has 0 spiro atoms. The molecule has 0 atom stereocenters. The fraction of sp³-hybridized carbons (Fsp3) is 0.900. The Morgan fingerprint density at radius 1 is 1.00 bits per heavy atom. The Kier molecular flexibility index (Phi) is 16.3. The summed E-state index contributed by atoms with van der Waals surface area (Å²) < 4.78 is 0. The first-order valence-corrected chi connectivity index (χ1v) is 4.99. The molecule has 2 nitrogen and oxygen atoms in total. The predicted molar refractivity (Wildman–Crippen MR) is 56.0 cm³/mol. The standard InChI is InChI=1S/C10H20O2.Sr/c1-2-3-4-5-6-7-8-9-10(11)12;/h2-9H2,1H3,(H,11,12);. The molecule has 1 N–H and O–H groups in total. The van der Waals surface area contributed by atoms with Gasteiger partial charge in [-0.3, -0.25) is 4.79 Å². The molecule has 0 saturated carbocycles. The summed E-state index contributed by atoms with van der Waals surface area (Å²) in [6, 6.07) is 0. The van der Waals surface area contributed by atoms with Gasteiger partial charge in [-0.15, -0.1) is 0 Å². The van der Waals surface area contributed by atoms with Gasteiger partial charge in [0.2, 0.25) is 0 Å². The van der Waals surface area contributed by atoms with Crippen LogP contribution in [0.4, 0.5) is 0 Å². The van der Waals surface area contributed by atoms with Gasteiger partial charge < -0.3 is 5.11 Å². The van der Waals surface area contributed by atoms with Crippen LogP contribution in [0.25, 0.3) is 0 Å². The fourth-order valence-corrected chi connectivity index (χ4v) is 1.23. The van der Waals surface area contributed by atoms with Gasteiger partial charge in [0.25, 0.3) is 0 Å². The molecule has 0 unspecified atom stereocenters. The van der Waals surface area contributed by atoms with Crippen molar-refractivity contribution < 1.29 is 9.90 Å². The summed E-state index contributed by atoms with van der Waals surface area (Å²) in [7, 11) is 0. The summed E-state index contributed by atoms with van der Waals surface area (Å²) in [5.74, 6) is -0.663. The van der Waals surface area contributed by atoms with Gasteiger partial charge in [-0.05, 0) is 6.42 Å². The topological polar surface area (TPSA) is 37.3 Å².